The molecule has 0 atom stereocenters. The molecule has 0 saturated heterocycles. The molecule has 0 spiro atoms. The van der Waals surface area contributed by atoms with Crippen LogP contribution in [0.5, 0.6) is 0 Å². The first-order valence-corrected chi connectivity index (χ1v) is 8.08. The van der Waals surface area contributed by atoms with Crippen LogP contribution in [0.4, 0.5) is 5.69 Å². The predicted molar refractivity (Wildman–Crippen MR) is 76.5 cm³/mol. The second-order valence-electron chi connectivity index (χ2n) is 4.40. The zero-order chi connectivity index (χ0) is 14.3. The fourth-order valence-corrected chi connectivity index (χ4v) is 2.95. The number of rotatable bonds is 7. The van der Waals surface area contributed by atoms with Crippen LogP contribution in [0.15, 0.2) is 24.3 Å². The number of anilines is 1. The van der Waals surface area contributed by atoms with E-state index in [1.54, 1.807) is 18.2 Å². The molecule has 0 aromatic heterocycles. The largest absolute Gasteiger partial charge is 0.326 e. The van der Waals surface area contributed by atoms with E-state index in [4.69, 9.17) is 5.73 Å². The Morgan fingerprint density at radius 1 is 1.37 bits per heavy atom. The standard InChI is InChI=1S/C13H20N2O3S/c1-2-3-7-19(17,18)10-13(16)15-12-6-4-5-11(8-12)9-14/h4-6,8H,2-3,7,9-10,14H2,1H3,(H,15,16). The highest BCUT2D eigenvalue weighted by atomic mass is 32.2. The Labute approximate surface area is 114 Å². The lowest BCUT2D eigenvalue weighted by Crippen LogP contribution is -2.24. The number of amides is 1. The first kappa shape index (κ1) is 15.7. The third-order valence-corrected chi connectivity index (χ3v) is 4.22. The maximum Gasteiger partial charge on any atom is 0.239 e. The zero-order valence-corrected chi connectivity index (χ0v) is 11.9. The third-order valence-electron chi connectivity index (χ3n) is 2.61. The molecule has 0 fully saturated rings. The zero-order valence-electron chi connectivity index (χ0n) is 11.1. The SMILES string of the molecule is CCCCS(=O)(=O)CC(=O)Nc1cccc(CN)c1. The van der Waals surface area contributed by atoms with Crippen molar-refractivity contribution in [3.05, 3.63) is 29.8 Å². The van der Waals surface area contributed by atoms with E-state index in [0.29, 0.717) is 18.7 Å². The van der Waals surface area contributed by atoms with Gasteiger partial charge in [-0.3, -0.25) is 4.79 Å². The van der Waals surface area contributed by atoms with Gasteiger partial charge in [0.05, 0.1) is 5.75 Å². The molecule has 1 aromatic rings. The summed E-state index contributed by atoms with van der Waals surface area (Å²) in [6.45, 7) is 2.28. The Bertz CT molecular complexity index is 526. The number of carbonyl (C=O) groups excluding carboxylic acids is 1. The van der Waals surface area contributed by atoms with Crippen LogP contribution in [0.2, 0.25) is 0 Å². The molecule has 0 bridgehead atoms. The molecule has 3 N–H and O–H groups in total. The summed E-state index contributed by atoms with van der Waals surface area (Å²) < 4.78 is 23.3. The number of hydrogen-bond donors (Lipinski definition) is 2. The van der Waals surface area contributed by atoms with Crippen LogP contribution in [0.1, 0.15) is 25.3 Å². The number of carbonyl (C=O) groups is 1. The van der Waals surface area contributed by atoms with Crippen molar-refractivity contribution in [1.82, 2.24) is 0 Å². The van der Waals surface area contributed by atoms with Gasteiger partial charge in [0.15, 0.2) is 9.84 Å². The molecule has 5 nitrogen and oxygen atoms in total. The summed E-state index contributed by atoms with van der Waals surface area (Å²) in [6.07, 6.45) is 1.37. The normalized spacial score (nSPS) is 11.3. The molecule has 1 amide bonds. The van der Waals surface area contributed by atoms with Gasteiger partial charge in [0.2, 0.25) is 5.91 Å². The second kappa shape index (κ2) is 7.25. The summed E-state index contributed by atoms with van der Waals surface area (Å²) >= 11 is 0. The van der Waals surface area contributed by atoms with Crippen molar-refractivity contribution in [3.63, 3.8) is 0 Å². The van der Waals surface area contributed by atoms with E-state index in [1.807, 2.05) is 13.0 Å². The van der Waals surface area contributed by atoms with Crippen LogP contribution in [0.25, 0.3) is 0 Å². The van der Waals surface area contributed by atoms with Crippen LogP contribution >= 0.6 is 0 Å². The minimum Gasteiger partial charge on any atom is -0.326 e. The van der Waals surface area contributed by atoms with Gasteiger partial charge in [-0.2, -0.15) is 0 Å². The molecule has 0 unspecified atom stereocenters. The minimum atomic E-state index is -3.32. The summed E-state index contributed by atoms with van der Waals surface area (Å²) in [5.41, 5.74) is 6.95. The van der Waals surface area contributed by atoms with Crippen molar-refractivity contribution in [1.29, 1.82) is 0 Å². The van der Waals surface area contributed by atoms with Gasteiger partial charge in [0.1, 0.15) is 5.75 Å². The number of hydrogen-bond acceptors (Lipinski definition) is 4. The first-order chi connectivity index (χ1) is 8.96. The number of nitrogens with one attached hydrogen (secondary N) is 1. The fraction of sp³-hybridized carbons (Fsp3) is 0.462. The van der Waals surface area contributed by atoms with E-state index < -0.39 is 21.5 Å². The van der Waals surface area contributed by atoms with Crippen molar-refractivity contribution in [2.24, 2.45) is 5.73 Å². The number of unbranched alkanes of at least 4 members (excludes halogenated alkanes) is 1. The predicted octanol–water partition coefficient (Wildman–Crippen LogP) is 1.30. The molecule has 0 radical (unpaired) electrons. The molecule has 0 aliphatic carbocycles. The summed E-state index contributed by atoms with van der Waals surface area (Å²) in [5, 5.41) is 2.58. The summed E-state index contributed by atoms with van der Waals surface area (Å²) in [4.78, 5) is 11.7. The van der Waals surface area contributed by atoms with Gasteiger partial charge in [-0.05, 0) is 24.1 Å². The number of nitrogens with two attached hydrogens (primary N) is 1. The molecule has 1 rings (SSSR count). The highest BCUT2D eigenvalue weighted by Crippen LogP contribution is 2.10. The molecule has 106 valence electrons. The maximum absolute atomic E-state index is 11.7. The van der Waals surface area contributed by atoms with Gasteiger partial charge in [0.25, 0.3) is 0 Å². The lowest BCUT2D eigenvalue weighted by Gasteiger charge is -2.07. The van der Waals surface area contributed by atoms with Crippen LogP contribution in [-0.2, 0) is 21.2 Å². The number of benzene rings is 1. The summed E-state index contributed by atoms with van der Waals surface area (Å²) in [7, 11) is -3.32. The van der Waals surface area contributed by atoms with Gasteiger partial charge in [-0.25, -0.2) is 8.42 Å². The fourth-order valence-electron chi connectivity index (χ4n) is 1.61. The van der Waals surface area contributed by atoms with Crippen LogP contribution < -0.4 is 11.1 Å². The van der Waals surface area contributed by atoms with E-state index in [9.17, 15) is 13.2 Å². The van der Waals surface area contributed by atoms with Gasteiger partial charge in [-0.15, -0.1) is 0 Å². The van der Waals surface area contributed by atoms with Crippen LogP contribution in [-0.4, -0.2) is 25.8 Å². The molecule has 0 aliphatic rings. The first-order valence-electron chi connectivity index (χ1n) is 6.26. The summed E-state index contributed by atoms with van der Waals surface area (Å²) in [5.74, 6) is -0.926. The molecule has 1 aromatic carbocycles. The van der Waals surface area contributed by atoms with Crippen molar-refractivity contribution >= 4 is 21.4 Å². The van der Waals surface area contributed by atoms with Gasteiger partial charge in [0, 0.05) is 12.2 Å². The molecule has 19 heavy (non-hydrogen) atoms. The smallest absolute Gasteiger partial charge is 0.239 e. The molecular formula is C13H20N2O3S. The van der Waals surface area contributed by atoms with E-state index in [-0.39, 0.29) is 5.75 Å². The highest BCUT2D eigenvalue weighted by Gasteiger charge is 2.16. The maximum atomic E-state index is 11.7. The van der Waals surface area contributed by atoms with Crippen LogP contribution in [0.3, 0.4) is 0 Å². The Hall–Kier alpha value is -1.40. The van der Waals surface area contributed by atoms with E-state index in [0.717, 1.165) is 12.0 Å². The molecular weight excluding hydrogens is 264 g/mol. The third kappa shape index (κ3) is 5.85. The lowest BCUT2D eigenvalue weighted by atomic mass is 10.2. The Morgan fingerprint density at radius 3 is 2.74 bits per heavy atom. The lowest BCUT2D eigenvalue weighted by molar-refractivity contribution is -0.113. The average molecular weight is 284 g/mol. The average Bonchev–Trinajstić information content (AvgIpc) is 2.36. The number of sulfone groups is 1. The minimum absolute atomic E-state index is 0.0553. The molecule has 0 aliphatic heterocycles. The Morgan fingerprint density at radius 2 is 2.11 bits per heavy atom. The van der Waals surface area contributed by atoms with Gasteiger partial charge >= 0.3 is 0 Å². The monoisotopic (exact) mass is 284 g/mol. The van der Waals surface area contributed by atoms with Gasteiger partial charge < -0.3 is 11.1 Å². The second-order valence-corrected chi connectivity index (χ2v) is 6.58. The van der Waals surface area contributed by atoms with Crippen molar-refractivity contribution in [2.45, 2.75) is 26.3 Å². The molecule has 0 saturated carbocycles. The van der Waals surface area contributed by atoms with E-state index in [1.165, 1.54) is 0 Å². The topological polar surface area (TPSA) is 89.3 Å². The van der Waals surface area contributed by atoms with Crippen LogP contribution in [0, 0.1) is 0 Å². The quantitative estimate of drug-likeness (QED) is 0.789. The molecule has 6 heteroatoms. The Balaban J connectivity index is 2.59. The highest BCUT2D eigenvalue weighted by molar-refractivity contribution is 7.92. The van der Waals surface area contributed by atoms with Crippen molar-refractivity contribution in [2.75, 3.05) is 16.8 Å². The molecule has 0 heterocycles. The van der Waals surface area contributed by atoms with Crippen molar-refractivity contribution < 1.29 is 13.2 Å². The summed E-state index contributed by atoms with van der Waals surface area (Å²) in [6, 6.07) is 7.04. The van der Waals surface area contributed by atoms with Crippen molar-refractivity contribution in [3.8, 4) is 0 Å². The Kier molecular flexibility index (Phi) is 5.98. The van der Waals surface area contributed by atoms with E-state index >= 15 is 0 Å². The van der Waals surface area contributed by atoms with E-state index in [2.05, 4.69) is 5.32 Å². The van der Waals surface area contributed by atoms with Gasteiger partial charge in [-0.1, -0.05) is 25.5 Å².